The highest BCUT2D eigenvalue weighted by molar-refractivity contribution is 8.00. The fourth-order valence-corrected chi connectivity index (χ4v) is 3.88. The van der Waals surface area contributed by atoms with Gasteiger partial charge in [-0.1, -0.05) is 74.5 Å². The Hall–Kier alpha value is -2.71. The molecule has 0 fully saturated rings. The zero-order valence-electron chi connectivity index (χ0n) is 18.6. The second-order valence-corrected chi connectivity index (χ2v) is 10.1. The van der Waals surface area contributed by atoms with Crippen molar-refractivity contribution in [1.29, 1.82) is 0 Å². The van der Waals surface area contributed by atoms with Crippen molar-refractivity contribution in [3.8, 4) is 5.75 Å². The summed E-state index contributed by atoms with van der Waals surface area (Å²) >= 11 is 7.36. The van der Waals surface area contributed by atoms with E-state index in [1.54, 1.807) is 13.0 Å². The van der Waals surface area contributed by atoms with Crippen molar-refractivity contribution in [3.63, 3.8) is 0 Å². The van der Waals surface area contributed by atoms with E-state index in [9.17, 15) is 4.79 Å². The van der Waals surface area contributed by atoms with Gasteiger partial charge in [0.15, 0.2) is 5.82 Å². The van der Waals surface area contributed by atoms with Crippen molar-refractivity contribution in [2.45, 2.75) is 56.7 Å². The van der Waals surface area contributed by atoms with Crippen molar-refractivity contribution in [1.82, 2.24) is 20.2 Å². The number of carbonyl (C=O) groups is 1. The lowest BCUT2D eigenvalue weighted by atomic mass is 9.87. The third-order valence-electron chi connectivity index (χ3n) is 4.89. The summed E-state index contributed by atoms with van der Waals surface area (Å²) in [5, 5.41) is 11.7. The first-order valence-corrected chi connectivity index (χ1v) is 11.5. The van der Waals surface area contributed by atoms with Gasteiger partial charge in [0.1, 0.15) is 12.4 Å². The molecule has 1 heterocycles. The minimum absolute atomic E-state index is 0.0818. The lowest BCUT2D eigenvalue weighted by Crippen LogP contribution is -2.31. The van der Waals surface area contributed by atoms with Gasteiger partial charge in [-0.25, -0.2) is 4.68 Å². The molecule has 0 aliphatic carbocycles. The van der Waals surface area contributed by atoms with Crippen molar-refractivity contribution in [2.24, 2.45) is 0 Å². The zero-order valence-corrected chi connectivity index (χ0v) is 20.2. The van der Waals surface area contributed by atoms with Gasteiger partial charge in [0.25, 0.3) is 0 Å². The largest absolute Gasteiger partial charge is 0.486 e. The van der Waals surface area contributed by atoms with Gasteiger partial charge in [-0.3, -0.25) is 4.79 Å². The summed E-state index contributed by atoms with van der Waals surface area (Å²) in [7, 11) is 0. The van der Waals surface area contributed by atoms with Crippen LogP contribution in [0.3, 0.4) is 0 Å². The highest BCUT2D eigenvalue weighted by atomic mass is 35.5. The van der Waals surface area contributed by atoms with Crippen LogP contribution in [-0.2, 0) is 23.4 Å². The number of hydrogen-bond acceptors (Lipinski definition) is 6. The monoisotopic (exact) mass is 473 g/mol. The molecule has 3 aromatic rings. The van der Waals surface area contributed by atoms with E-state index in [1.807, 2.05) is 42.5 Å². The lowest BCUT2D eigenvalue weighted by Gasteiger charge is -2.19. The van der Waals surface area contributed by atoms with Gasteiger partial charge in [-0.2, -0.15) is 0 Å². The standard InChI is InChI=1S/C23H28ClN5O2S/c1-15(21(30)26-13-16-7-5-6-8-19(16)24)32-22-28-27-20(29(22)25)14-31-18-11-9-17(10-12-18)23(2,3)4/h5-12,15H,13-14,25H2,1-4H3,(H,26,30). The predicted molar refractivity (Wildman–Crippen MR) is 128 cm³/mol. The normalized spacial score (nSPS) is 12.4. The maximum atomic E-state index is 12.5. The van der Waals surface area contributed by atoms with E-state index in [1.165, 1.54) is 22.0 Å². The average Bonchev–Trinajstić information content (AvgIpc) is 3.10. The van der Waals surface area contributed by atoms with Gasteiger partial charge in [-0.15, -0.1) is 10.2 Å². The second-order valence-electron chi connectivity index (χ2n) is 8.40. The van der Waals surface area contributed by atoms with E-state index >= 15 is 0 Å². The van der Waals surface area contributed by atoms with Crippen LogP contribution in [-0.4, -0.2) is 26.0 Å². The van der Waals surface area contributed by atoms with Gasteiger partial charge in [0, 0.05) is 11.6 Å². The van der Waals surface area contributed by atoms with E-state index in [0.717, 1.165) is 11.3 Å². The fourth-order valence-electron chi connectivity index (χ4n) is 2.86. The molecule has 0 spiro atoms. The molecule has 7 nitrogen and oxygen atoms in total. The Morgan fingerprint density at radius 1 is 1.19 bits per heavy atom. The Morgan fingerprint density at radius 2 is 1.88 bits per heavy atom. The number of ether oxygens (including phenoxy) is 1. The Balaban J connectivity index is 1.53. The summed E-state index contributed by atoms with van der Waals surface area (Å²) in [6.45, 7) is 8.80. The molecular formula is C23H28ClN5O2S. The number of nitrogens with two attached hydrogens (primary N) is 1. The minimum atomic E-state index is -0.414. The fraction of sp³-hybridized carbons (Fsp3) is 0.348. The van der Waals surface area contributed by atoms with Crippen LogP contribution in [0.2, 0.25) is 5.02 Å². The van der Waals surface area contributed by atoms with E-state index < -0.39 is 5.25 Å². The molecule has 1 unspecified atom stereocenters. The molecule has 0 aliphatic heterocycles. The number of amides is 1. The summed E-state index contributed by atoms with van der Waals surface area (Å²) in [6, 6.07) is 15.4. The lowest BCUT2D eigenvalue weighted by molar-refractivity contribution is -0.120. The predicted octanol–water partition coefficient (Wildman–Crippen LogP) is 4.32. The number of thioether (sulfide) groups is 1. The number of hydrogen-bond donors (Lipinski definition) is 2. The third kappa shape index (κ3) is 6.17. The maximum Gasteiger partial charge on any atom is 0.233 e. The molecule has 9 heteroatoms. The van der Waals surface area contributed by atoms with Crippen molar-refractivity contribution >= 4 is 29.3 Å². The summed E-state index contributed by atoms with van der Waals surface area (Å²) in [5.74, 6) is 7.17. The van der Waals surface area contributed by atoms with Gasteiger partial charge < -0.3 is 15.9 Å². The number of halogens is 1. The first kappa shape index (κ1) is 23.9. The van der Waals surface area contributed by atoms with Crippen LogP contribution in [0.1, 0.15) is 44.6 Å². The van der Waals surface area contributed by atoms with Crippen LogP contribution < -0.4 is 15.9 Å². The number of nitrogen functional groups attached to an aromatic ring is 1. The molecule has 3 N–H and O–H groups in total. The topological polar surface area (TPSA) is 95.1 Å². The van der Waals surface area contributed by atoms with Crippen LogP contribution in [0.25, 0.3) is 0 Å². The number of carbonyl (C=O) groups excluding carboxylic acids is 1. The van der Waals surface area contributed by atoms with E-state index in [-0.39, 0.29) is 17.9 Å². The van der Waals surface area contributed by atoms with Crippen LogP contribution in [0, 0.1) is 0 Å². The Morgan fingerprint density at radius 3 is 2.53 bits per heavy atom. The maximum absolute atomic E-state index is 12.5. The number of nitrogens with one attached hydrogen (secondary N) is 1. The first-order valence-electron chi connectivity index (χ1n) is 10.3. The first-order chi connectivity index (χ1) is 15.1. The molecule has 170 valence electrons. The molecule has 0 saturated carbocycles. The van der Waals surface area contributed by atoms with E-state index in [0.29, 0.717) is 22.5 Å². The highest BCUT2D eigenvalue weighted by Gasteiger charge is 2.20. The Bertz CT molecular complexity index is 1060. The van der Waals surface area contributed by atoms with Gasteiger partial charge in [-0.05, 0) is 41.7 Å². The van der Waals surface area contributed by atoms with Gasteiger partial charge in [0.05, 0.1) is 5.25 Å². The van der Waals surface area contributed by atoms with E-state index in [4.69, 9.17) is 22.2 Å². The highest BCUT2D eigenvalue weighted by Crippen LogP contribution is 2.25. The molecule has 0 bridgehead atoms. The molecule has 0 radical (unpaired) electrons. The second kappa shape index (κ2) is 10.3. The molecule has 0 aliphatic rings. The molecule has 32 heavy (non-hydrogen) atoms. The molecule has 1 atom stereocenters. The summed E-state index contributed by atoms with van der Waals surface area (Å²) < 4.78 is 7.15. The van der Waals surface area contributed by atoms with Crippen LogP contribution >= 0.6 is 23.4 Å². The van der Waals surface area contributed by atoms with Crippen LogP contribution in [0.4, 0.5) is 0 Å². The quantitative estimate of drug-likeness (QED) is 0.373. The molecular weight excluding hydrogens is 446 g/mol. The summed E-state index contributed by atoms with van der Waals surface area (Å²) in [5.41, 5.74) is 2.17. The van der Waals surface area contributed by atoms with Gasteiger partial charge >= 0.3 is 0 Å². The zero-order chi connectivity index (χ0) is 23.3. The van der Waals surface area contributed by atoms with Crippen molar-refractivity contribution < 1.29 is 9.53 Å². The molecule has 2 aromatic carbocycles. The van der Waals surface area contributed by atoms with Crippen molar-refractivity contribution in [2.75, 3.05) is 5.84 Å². The van der Waals surface area contributed by atoms with Crippen molar-refractivity contribution in [3.05, 3.63) is 70.5 Å². The average molecular weight is 474 g/mol. The third-order valence-corrected chi connectivity index (χ3v) is 6.31. The van der Waals surface area contributed by atoms with Crippen LogP contribution in [0.5, 0.6) is 5.75 Å². The van der Waals surface area contributed by atoms with E-state index in [2.05, 4.69) is 36.3 Å². The molecule has 0 saturated heterocycles. The molecule has 1 amide bonds. The number of aromatic nitrogens is 3. The smallest absolute Gasteiger partial charge is 0.233 e. The summed E-state index contributed by atoms with van der Waals surface area (Å²) in [6.07, 6.45) is 0. The number of nitrogens with zero attached hydrogens (tertiary/aromatic N) is 3. The molecule has 1 aromatic heterocycles. The number of rotatable bonds is 8. The Labute approximate surface area is 197 Å². The molecule has 3 rings (SSSR count). The Kier molecular flexibility index (Phi) is 7.69. The minimum Gasteiger partial charge on any atom is -0.486 e. The SMILES string of the molecule is CC(Sc1nnc(COc2ccc(C(C)(C)C)cc2)n1N)C(=O)NCc1ccccc1Cl. The van der Waals surface area contributed by atoms with Crippen LogP contribution in [0.15, 0.2) is 53.7 Å². The number of benzene rings is 2. The van der Waals surface area contributed by atoms with Gasteiger partial charge in [0.2, 0.25) is 11.1 Å². The summed E-state index contributed by atoms with van der Waals surface area (Å²) in [4.78, 5) is 12.5.